The Balaban J connectivity index is 3.50. The summed E-state index contributed by atoms with van der Waals surface area (Å²) in [5, 5.41) is 8.35. The zero-order valence-corrected chi connectivity index (χ0v) is 5.09. The molecule has 1 rings (SSSR count). The summed E-state index contributed by atoms with van der Waals surface area (Å²) in [5.74, 6) is 0.120. The zero-order valence-electron chi connectivity index (χ0n) is 5.09. The van der Waals surface area contributed by atoms with Crippen molar-refractivity contribution in [2.45, 2.75) is 0 Å². The first kappa shape index (κ1) is 6.36. The van der Waals surface area contributed by atoms with Gasteiger partial charge in [0.1, 0.15) is 17.5 Å². The number of H-pyrrole nitrogens is 1. The topological polar surface area (TPSA) is 82.7 Å². The van der Waals surface area contributed by atoms with E-state index in [0.29, 0.717) is 0 Å². The van der Waals surface area contributed by atoms with Gasteiger partial charge in [-0.2, -0.15) is 5.26 Å². The smallest absolute Gasteiger partial charge is 0.201 e. The lowest BCUT2D eigenvalue weighted by molar-refractivity contribution is 1.28. The number of hydrogen-bond donors (Lipinski definition) is 2. The van der Waals surface area contributed by atoms with Crippen molar-refractivity contribution in [1.29, 1.82) is 5.26 Å². The molecule has 0 radical (unpaired) electrons. The highest BCUT2D eigenvalue weighted by molar-refractivity contribution is 5.46. The second-order valence-electron chi connectivity index (χ2n) is 1.74. The molecule has 1 aromatic heterocycles. The van der Waals surface area contributed by atoms with Crippen LogP contribution < -0.4 is 11.2 Å². The lowest BCUT2D eigenvalue weighted by atomic mass is 10.3. The van der Waals surface area contributed by atoms with Crippen LogP contribution in [0.15, 0.2) is 17.1 Å². The van der Waals surface area contributed by atoms with Crippen molar-refractivity contribution in [1.82, 2.24) is 4.98 Å². The summed E-state index contributed by atoms with van der Waals surface area (Å²) in [6.07, 6.45) is 1.40. The first-order valence-corrected chi connectivity index (χ1v) is 2.63. The van der Waals surface area contributed by atoms with Gasteiger partial charge in [-0.25, -0.2) is 0 Å². The van der Waals surface area contributed by atoms with Crippen LogP contribution in [0, 0.1) is 11.3 Å². The van der Waals surface area contributed by atoms with E-state index in [9.17, 15) is 4.79 Å². The Morgan fingerprint density at radius 2 is 2.40 bits per heavy atom. The van der Waals surface area contributed by atoms with Gasteiger partial charge in [-0.15, -0.1) is 0 Å². The monoisotopic (exact) mass is 135 g/mol. The van der Waals surface area contributed by atoms with Crippen molar-refractivity contribution in [3.63, 3.8) is 0 Å². The molecule has 1 heterocycles. The van der Waals surface area contributed by atoms with Gasteiger partial charge in [-0.3, -0.25) is 4.79 Å². The van der Waals surface area contributed by atoms with Crippen molar-refractivity contribution in [3.8, 4) is 6.07 Å². The van der Waals surface area contributed by atoms with Gasteiger partial charge in [-0.1, -0.05) is 0 Å². The summed E-state index contributed by atoms with van der Waals surface area (Å²) in [6, 6.07) is 2.95. The number of nitrogens with zero attached hydrogens (tertiary/aromatic N) is 1. The van der Waals surface area contributed by atoms with Crippen LogP contribution in [0.3, 0.4) is 0 Å². The van der Waals surface area contributed by atoms with Gasteiger partial charge in [0.15, 0.2) is 0 Å². The maximum Gasteiger partial charge on any atom is 0.201 e. The van der Waals surface area contributed by atoms with Crippen molar-refractivity contribution < 1.29 is 0 Å². The first-order chi connectivity index (χ1) is 4.75. The van der Waals surface area contributed by atoms with Crippen LogP contribution in [-0.4, -0.2) is 4.98 Å². The SMILES string of the molecule is N#Cc1c(N)[nH]ccc1=O. The van der Waals surface area contributed by atoms with E-state index in [1.54, 1.807) is 6.07 Å². The number of anilines is 1. The van der Waals surface area contributed by atoms with Crippen molar-refractivity contribution >= 4 is 5.82 Å². The highest BCUT2D eigenvalue weighted by Crippen LogP contribution is 1.96. The maximum absolute atomic E-state index is 10.7. The molecule has 4 heteroatoms. The summed E-state index contributed by atoms with van der Waals surface area (Å²) >= 11 is 0. The summed E-state index contributed by atoms with van der Waals surface area (Å²) in [6.45, 7) is 0. The molecule has 0 amide bonds. The van der Waals surface area contributed by atoms with Crippen molar-refractivity contribution in [2.75, 3.05) is 5.73 Å². The van der Waals surface area contributed by atoms with Crippen LogP contribution in [0.4, 0.5) is 5.82 Å². The van der Waals surface area contributed by atoms with Crippen LogP contribution in [0.5, 0.6) is 0 Å². The Hall–Kier alpha value is -1.76. The molecule has 0 aromatic carbocycles. The van der Waals surface area contributed by atoms with Gasteiger partial charge < -0.3 is 10.7 Å². The van der Waals surface area contributed by atoms with Gasteiger partial charge in [0.05, 0.1) is 0 Å². The standard InChI is InChI=1S/C6H5N3O/c7-3-4-5(10)1-2-9-6(4)8/h1-2H,(H3,8,9,10). The molecule has 0 unspecified atom stereocenters. The second-order valence-corrected chi connectivity index (χ2v) is 1.74. The fourth-order valence-corrected chi connectivity index (χ4v) is 0.611. The van der Waals surface area contributed by atoms with Crippen LogP contribution in [0.1, 0.15) is 5.56 Å². The fraction of sp³-hybridized carbons (Fsp3) is 0. The third-order valence-corrected chi connectivity index (χ3v) is 1.10. The molecule has 0 aliphatic carbocycles. The molecule has 4 nitrogen and oxygen atoms in total. The quantitative estimate of drug-likeness (QED) is 0.518. The Morgan fingerprint density at radius 1 is 1.70 bits per heavy atom. The molecule has 1 aromatic rings. The predicted molar refractivity (Wildman–Crippen MR) is 36.2 cm³/mol. The van der Waals surface area contributed by atoms with Gasteiger partial charge in [0, 0.05) is 12.3 Å². The van der Waals surface area contributed by atoms with Gasteiger partial charge in [-0.05, 0) is 0 Å². The molecular weight excluding hydrogens is 130 g/mol. The molecule has 10 heavy (non-hydrogen) atoms. The minimum Gasteiger partial charge on any atom is -0.384 e. The zero-order chi connectivity index (χ0) is 7.56. The molecule has 0 fully saturated rings. The Morgan fingerprint density at radius 3 is 2.80 bits per heavy atom. The van der Waals surface area contributed by atoms with E-state index in [-0.39, 0.29) is 16.8 Å². The van der Waals surface area contributed by atoms with E-state index >= 15 is 0 Å². The highest BCUT2D eigenvalue weighted by atomic mass is 16.1. The number of nitrogens with one attached hydrogen (secondary N) is 1. The maximum atomic E-state index is 10.7. The molecule has 0 atom stereocenters. The summed E-state index contributed by atoms with van der Waals surface area (Å²) in [7, 11) is 0. The van der Waals surface area contributed by atoms with Crippen molar-refractivity contribution in [2.24, 2.45) is 0 Å². The van der Waals surface area contributed by atoms with Crippen molar-refractivity contribution in [3.05, 3.63) is 28.0 Å². The lowest BCUT2D eigenvalue weighted by Crippen LogP contribution is -2.08. The van der Waals surface area contributed by atoms with Gasteiger partial charge in [0.2, 0.25) is 5.43 Å². The molecule has 3 N–H and O–H groups in total. The van der Waals surface area contributed by atoms with E-state index in [2.05, 4.69) is 4.98 Å². The summed E-state index contributed by atoms with van der Waals surface area (Å²) in [4.78, 5) is 13.3. The van der Waals surface area contributed by atoms with E-state index < -0.39 is 0 Å². The molecule has 50 valence electrons. The van der Waals surface area contributed by atoms with Crippen LogP contribution in [0.25, 0.3) is 0 Å². The van der Waals surface area contributed by atoms with E-state index in [4.69, 9.17) is 11.0 Å². The number of nitrogen functional groups attached to an aromatic ring is 1. The van der Waals surface area contributed by atoms with Gasteiger partial charge in [0.25, 0.3) is 0 Å². The third kappa shape index (κ3) is 0.845. The minimum absolute atomic E-state index is 0.0255. The summed E-state index contributed by atoms with van der Waals surface area (Å²) in [5.41, 5.74) is 4.88. The Bertz CT molecular complexity index is 334. The minimum atomic E-state index is -0.348. The highest BCUT2D eigenvalue weighted by Gasteiger charge is 1.99. The van der Waals surface area contributed by atoms with Crippen LogP contribution in [0.2, 0.25) is 0 Å². The molecule has 0 bridgehead atoms. The van der Waals surface area contributed by atoms with Gasteiger partial charge >= 0.3 is 0 Å². The number of nitriles is 1. The molecular formula is C6H5N3O. The lowest BCUT2D eigenvalue weighted by Gasteiger charge is -1.91. The fourth-order valence-electron chi connectivity index (χ4n) is 0.611. The normalized spacial score (nSPS) is 8.70. The number of rotatable bonds is 0. The molecule has 0 saturated heterocycles. The van der Waals surface area contributed by atoms with E-state index in [1.165, 1.54) is 12.3 Å². The molecule has 0 aliphatic rings. The number of aromatic nitrogens is 1. The number of nitrogens with two attached hydrogens (primary N) is 1. The largest absolute Gasteiger partial charge is 0.384 e. The van der Waals surface area contributed by atoms with E-state index in [1.807, 2.05) is 0 Å². The third-order valence-electron chi connectivity index (χ3n) is 1.10. The number of hydrogen-bond acceptors (Lipinski definition) is 3. The second kappa shape index (κ2) is 2.23. The van der Waals surface area contributed by atoms with Crippen LogP contribution >= 0.6 is 0 Å². The van der Waals surface area contributed by atoms with Crippen LogP contribution in [-0.2, 0) is 0 Å². The Labute approximate surface area is 56.9 Å². The molecule has 0 saturated carbocycles. The predicted octanol–water partition coefficient (Wildman–Crippen LogP) is -0.171. The Kier molecular flexibility index (Phi) is 1.42. The average molecular weight is 135 g/mol. The summed E-state index contributed by atoms with van der Waals surface area (Å²) < 4.78 is 0. The average Bonchev–Trinajstić information content (AvgIpc) is 1.88. The van der Waals surface area contributed by atoms with E-state index in [0.717, 1.165) is 0 Å². The first-order valence-electron chi connectivity index (χ1n) is 2.63. The molecule has 0 aliphatic heterocycles. The number of aromatic amines is 1. The molecule has 0 spiro atoms. The number of pyridine rings is 1.